The number of nitrogens with zero attached hydrogens (tertiary/aromatic N) is 4. The third-order valence-corrected chi connectivity index (χ3v) is 6.87. The van der Waals surface area contributed by atoms with E-state index in [4.69, 9.17) is 4.74 Å². The van der Waals surface area contributed by atoms with E-state index in [1.165, 1.54) is 5.69 Å². The quantitative estimate of drug-likeness (QED) is 0.678. The normalized spacial score (nSPS) is 18.1. The number of nitriles is 1. The lowest BCUT2D eigenvalue weighted by molar-refractivity contribution is 0.131. The third-order valence-electron chi connectivity index (χ3n) is 6.87. The van der Waals surface area contributed by atoms with E-state index in [1.807, 2.05) is 26.0 Å². The van der Waals surface area contributed by atoms with Gasteiger partial charge >= 0.3 is 0 Å². The van der Waals surface area contributed by atoms with E-state index in [0.717, 1.165) is 66.1 Å². The zero-order valence-electron chi connectivity index (χ0n) is 18.3. The van der Waals surface area contributed by atoms with Gasteiger partial charge in [-0.1, -0.05) is 18.2 Å². The van der Waals surface area contributed by atoms with E-state index in [1.54, 1.807) is 0 Å². The van der Waals surface area contributed by atoms with Crippen LogP contribution in [0.1, 0.15) is 41.8 Å². The summed E-state index contributed by atoms with van der Waals surface area (Å²) >= 11 is 0. The molecule has 2 saturated heterocycles. The fraction of sp³-hybridized carbons (Fsp3) is 0.400. The second kappa shape index (κ2) is 7.51. The molecule has 1 unspecified atom stereocenters. The van der Waals surface area contributed by atoms with Crippen LogP contribution in [0, 0.1) is 30.6 Å². The van der Waals surface area contributed by atoms with Crippen molar-refractivity contribution in [3.05, 3.63) is 58.8 Å². The topological polar surface area (TPSA) is 74.1 Å². The zero-order valence-corrected chi connectivity index (χ0v) is 18.3. The van der Waals surface area contributed by atoms with Gasteiger partial charge in [0, 0.05) is 41.6 Å². The summed E-state index contributed by atoms with van der Waals surface area (Å²) in [5.74, 6) is 0.774. The molecule has 3 heterocycles. The Kier molecular flexibility index (Phi) is 4.79. The Morgan fingerprint density at radius 3 is 2.74 bits per heavy atom. The molecule has 6 nitrogen and oxygen atoms in total. The molecule has 1 aromatic heterocycles. The minimum atomic E-state index is 0.0000723. The molecule has 0 bridgehead atoms. The van der Waals surface area contributed by atoms with E-state index in [0.29, 0.717) is 11.0 Å². The third kappa shape index (κ3) is 3.39. The molecule has 0 saturated carbocycles. The summed E-state index contributed by atoms with van der Waals surface area (Å²) in [7, 11) is 0. The molecule has 3 aromatic rings. The Bertz CT molecular complexity index is 1180. The van der Waals surface area contributed by atoms with E-state index in [9.17, 15) is 5.26 Å². The Hall–Kier alpha value is -3.17. The van der Waals surface area contributed by atoms with Crippen LogP contribution in [0.5, 0.6) is 0 Å². The van der Waals surface area contributed by atoms with Crippen LogP contribution >= 0.6 is 0 Å². The van der Waals surface area contributed by atoms with Gasteiger partial charge in [0.2, 0.25) is 0 Å². The molecule has 0 amide bonds. The molecule has 5 rings (SSSR count). The molecule has 158 valence electrons. The SMILES string of the molecule is Cc1c(C#N)cccc1C(C)Nc1nnc(C)c2ccc(N3CC4(CCOC4)C3)cc12. The highest BCUT2D eigenvalue weighted by molar-refractivity contribution is 5.95. The van der Waals surface area contributed by atoms with Crippen LogP contribution < -0.4 is 10.2 Å². The van der Waals surface area contributed by atoms with Crippen molar-refractivity contribution in [2.75, 3.05) is 36.5 Å². The largest absolute Gasteiger partial charge is 0.381 e. The standard InChI is InChI=1S/C25H27N5O/c1-16-19(12-26)5-4-6-21(16)17(2)27-24-23-11-20(7-8-22(23)18(3)28-29-24)30-13-25(14-30)9-10-31-15-25/h4-8,11,17H,9-10,13-15H2,1-3H3,(H,27,29). The average molecular weight is 414 g/mol. The minimum Gasteiger partial charge on any atom is -0.381 e. The summed E-state index contributed by atoms with van der Waals surface area (Å²) in [4.78, 5) is 2.43. The molecule has 2 aliphatic heterocycles. The predicted molar refractivity (Wildman–Crippen MR) is 122 cm³/mol. The van der Waals surface area contributed by atoms with Crippen molar-refractivity contribution in [1.82, 2.24) is 10.2 Å². The Labute approximate surface area is 182 Å². The summed E-state index contributed by atoms with van der Waals surface area (Å²) < 4.78 is 5.63. The molecule has 2 aromatic carbocycles. The van der Waals surface area contributed by atoms with Gasteiger partial charge in [-0.3, -0.25) is 0 Å². The van der Waals surface area contributed by atoms with Crippen molar-refractivity contribution in [2.45, 2.75) is 33.2 Å². The highest BCUT2D eigenvalue weighted by Gasteiger charge is 2.45. The first-order chi connectivity index (χ1) is 15.0. The molecule has 1 N–H and O–H groups in total. The second-order valence-corrected chi connectivity index (χ2v) is 9.02. The van der Waals surface area contributed by atoms with Gasteiger partial charge in [-0.25, -0.2) is 0 Å². The van der Waals surface area contributed by atoms with Gasteiger partial charge in [0.15, 0.2) is 5.82 Å². The lowest BCUT2D eigenvalue weighted by Crippen LogP contribution is -2.56. The van der Waals surface area contributed by atoms with Crippen molar-refractivity contribution < 1.29 is 4.74 Å². The van der Waals surface area contributed by atoms with Crippen LogP contribution in [-0.4, -0.2) is 36.5 Å². The number of rotatable bonds is 4. The van der Waals surface area contributed by atoms with Gasteiger partial charge in [-0.2, -0.15) is 10.4 Å². The minimum absolute atomic E-state index is 0.0000723. The first kappa shape index (κ1) is 19.8. The number of anilines is 2. The summed E-state index contributed by atoms with van der Waals surface area (Å²) in [6, 6.07) is 14.7. The smallest absolute Gasteiger partial charge is 0.157 e. The second-order valence-electron chi connectivity index (χ2n) is 9.02. The van der Waals surface area contributed by atoms with Gasteiger partial charge < -0.3 is 15.0 Å². The van der Waals surface area contributed by atoms with Crippen molar-refractivity contribution in [1.29, 1.82) is 5.26 Å². The highest BCUT2D eigenvalue weighted by Crippen LogP contribution is 2.42. The van der Waals surface area contributed by atoms with Gasteiger partial charge in [0.25, 0.3) is 0 Å². The number of hydrogen-bond donors (Lipinski definition) is 1. The molecule has 0 aliphatic carbocycles. The van der Waals surface area contributed by atoms with Crippen LogP contribution in [0.15, 0.2) is 36.4 Å². The number of fused-ring (bicyclic) bond motifs is 1. The maximum atomic E-state index is 9.37. The van der Waals surface area contributed by atoms with E-state index in [2.05, 4.69) is 57.7 Å². The molecular formula is C25H27N5O. The van der Waals surface area contributed by atoms with Gasteiger partial charge in [-0.05, 0) is 56.5 Å². The number of aromatic nitrogens is 2. The molecule has 1 atom stereocenters. The van der Waals surface area contributed by atoms with Crippen LogP contribution in [0.4, 0.5) is 11.5 Å². The van der Waals surface area contributed by atoms with Crippen LogP contribution in [0.2, 0.25) is 0 Å². The van der Waals surface area contributed by atoms with Crippen molar-refractivity contribution >= 4 is 22.3 Å². The number of ether oxygens (including phenoxy) is 1. The fourth-order valence-electron chi connectivity index (χ4n) is 4.95. The fourth-order valence-corrected chi connectivity index (χ4v) is 4.95. The number of benzene rings is 2. The van der Waals surface area contributed by atoms with Gasteiger partial charge in [0.05, 0.1) is 30.0 Å². The van der Waals surface area contributed by atoms with Crippen molar-refractivity contribution in [3.63, 3.8) is 0 Å². The number of aryl methyl sites for hydroxylation is 1. The first-order valence-electron chi connectivity index (χ1n) is 10.9. The van der Waals surface area contributed by atoms with Crippen LogP contribution in [-0.2, 0) is 4.74 Å². The Morgan fingerprint density at radius 2 is 2.00 bits per heavy atom. The number of nitrogens with one attached hydrogen (secondary N) is 1. The molecule has 0 radical (unpaired) electrons. The maximum absolute atomic E-state index is 9.37. The Morgan fingerprint density at radius 1 is 1.16 bits per heavy atom. The van der Waals surface area contributed by atoms with Crippen molar-refractivity contribution in [3.8, 4) is 6.07 Å². The summed E-state index contributed by atoms with van der Waals surface area (Å²) in [5.41, 5.74) is 5.29. The monoisotopic (exact) mass is 413 g/mol. The molecule has 31 heavy (non-hydrogen) atoms. The molecular weight excluding hydrogens is 386 g/mol. The summed E-state index contributed by atoms with van der Waals surface area (Å²) in [6.45, 7) is 9.96. The molecule has 2 aliphatic rings. The van der Waals surface area contributed by atoms with Crippen LogP contribution in [0.25, 0.3) is 10.8 Å². The van der Waals surface area contributed by atoms with E-state index >= 15 is 0 Å². The molecule has 6 heteroatoms. The highest BCUT2D eigenvalue weighted by atomic mass is 16.5. The van der Waals surface area contributed by atoms with Gasteiger partial charge in [0.1, 0.15) is 0 Å². The summed E-state index contributed by atoms with van der Waals surface area (Å²) in [5, 5.41) is 24.0. The number of hydrogen-bond acceptors (Lipinski definition) is 6. The maximum Gasteiger partial charge on any atom is 0.157 e. The lowest BCUT2D eigenvalue weighted by atomic mass is 9.79. The zero-order chi connectivity index (χ0) is 21.6. The van der Waals surface area contributed by atoms with E-state index < -0.39 is 0 Å². The molecule has 2 fully saturated rings. The van der Waals surface area contributed by atoms with E-state index in [-0.39, 0.29) is 6.04 Å². The first-order valence-corrected chi connectivity index (χ1v) is 10.9. The van der Waals surface area contributed by atoms with Crippen molar-refractivity contribution in [2.24, 2.45) is 5.41 Å². The Balaban J connectivity index is 1.46. The summed E-state index contributed by atoms with van der Waals surface area (Å²) in [6.07, 6.45) is 1.16. The predicted octanol–water partition coefficient (Wildman–Crippen LogP) is 4.52. The average Bonchev–Trinajstić information content (AvgIpc) is 3.25. The molecule has 1 spiro atoms. The lowest BCUT2D eigenvalue weighted by Gasteiger charge is -2.48. The van der Waals surface area contributed by atoms with Crippen LogP contribution in [0.3, 0.4) is 0 Å². The van der Waals surface area contributed by atoms with Gasteiger partial charge in [-0.15, -0.1) is 5.10 Å².